The fourth-order valence-electron chi connectivity index (χ4n) is 3.88. The number of rotatable bonds is 8. The highest BCUT2D eigenvalue weighted by atomic mass is 32.2. The minimum Gasteiger partial charge on any atom is -0.493 e. The minimum absolute atomic E-state index is 0.0478. The van der Waals surface area contributed by atoms with Crippen molar-refractivity contribution < 1.29 is 23.4 Å². The van der Waals surface area contributed by atoms with Gasteiger partial charge in [-0.2, -0.15) is 11.8 Å². The number of halogens is 1. The SMILES string of the molecule is COc1cc2nccc(Oc3[c]c(F)c(C(=O)CSC4CCCCC4)cc3)c2cc1OC. The number of methoxy groups -OCH3 is 2. The molecule has 0 aliphatic heterocycles. The highest BCUT2D eigenvalue weighted by Gasteiger charge is 2.19. The average Bonchev–Trinajstić information content (AvgIpc) is 2.82. The summed E-state index contributed by atoms with van der Waals surface area (Å²) < 4.78 is 31.3. The molecule has 0 bridgehead atoms. The fraction of sp³-hybridized carbons (Fsp3) is 0.360. The smallest absolute Gasteiger partial charge is 0.175 e. The average molecular weight is 455 g/mol. The zero-order valence-electron chi connectivity index (χ0n) is 18.2. The Morgan fingerprint density at radius 2 is 1.84 bits per heavy atom. The molecule has 1 aliphatic rings. The standard InChI is InChI=1S/C25H25FNO4S/c1-29-24-13-19-21(14-25(24)30-2)27-11-10-23(19)31-16-8-9-18(20(26)12-16)22(28)15-32-17-6-4-3-5-7-17/h8-11,13-14,17H,3-7,15H2,1-2H3. The van der Waals surface area contributed by atoms with Crippen molar-refractivity contribution in [3.05, 3.63) is 54.0 Å². The number of aromatic nitrogens is 1. The van der Waals surface area contributed by atoms with Crippen LogP contribution in [0.15, 0.2) is 36.5 Å². The van der Waals surface area contributed by atoms with Crippen molar-refractivity contribution in [3.8, 4) is 23.0 Å². The van der Waals surface area contributed by atoms with Gasteiger partial charge in [0, 0.05) is 22.9 Å². The Kier molecular flexibility index (Phi) is 7.15. The van der Waals surface area contributed by atoms with Crippen LogP contribution in [0.1, 0.15) is 42.5 Å². The first-order valence-corrected chi connectivity index (χ1v) is 11.7. The molecule has 1 aliphatic carbocycles. The van der Waals surface area contributed by atoms with Gasteiger partial charge >= 0.3 is 0 Å². The number of hydrogen-bond acceptors (Lipinski definition) is 6. The molecule has 4 rings (SSSR count). The van der Waals surface area contributed by atoms with Crippen LogP contribution in [-0.4, -0.2) is 36.0 Å². The van der Waals surface area contributed by atoms with Crippen LogP contribution in [0, 0.1) is 11.9 Å². The number of nitrogens with zero attached hydrogens (tertiary/aromatic N) is 1. The number of fused-ring (bicyclic) bond motifs is 1. The van der Waals surface area contributed by atoms with Gasteiger partial charge in [-0.3, -0.25) is 9.78 Å². The molecule has 0 atom stereocenters. The lowest BCUT2D eigenvalue weighted by atomic mass is 10.0. The van der Waals surface area contributed by atoms with Crippen molar-refractivity contribution >= 4 is 28.4 Å². The third kappa shape index (κ3) is 4.99. The van der Waals surface area contributed by atoms with Crippen molar-refractivity contribution in [3.63, 3.8) is 0 Å². The van der Waals surface area contributed by atoms with Gasteiger partial charge in [0.1, 0.15) is 17.3 Å². The third-order valence-electron chi connectivity index (χ3n) is 5.60. The van der Waals surface area contributed by atoms with Gasteiger partial charge in [-0.15, -0.1) is 0 Å². The number of carbonyl (C=O) groups is 1. The number of hydrogen-bond donors (Lipinski definition) is 0. The lowest BCUT2D eigenvalue weighted by molar-refractivity contribution is 0.101. The maximum Gasteiger partial charge on any atom is 0.175 e. The van der Waals surface area contributed by atoms with Gasteiger partial charge in [0.2, 0.25) is 0 Å². The molecule has 5 nitrogen and oxygen atoms in total. The van der Waals surface area contributed by atoms with Crippen molar-refractivity contribution in [1.82, 2.24) is 4.98 Å². The van der Waals surface area contributed by atoms with Gasteiger partial charge in [0.25, 0.3) is 0 Å². The molecule has 167 valence electrons. The Labute approximate surface area is 191 Å². The van der Waals surface area contributed by atoms with Gasteiger partial charge in [-0.25, -0.2) is 4.39 Å². The van der Waals surface area contributed by atoms with Crippen LogP contribution in [0.25, 0.3) is 10.9 Å². The van der Waals surface area contributed by atoms with E-state index in [1.807, 2.05) is 0 Å². The van der Waals surface area contributed by atoms with Gasteiger partial charge in [0.05, 0.1) is 37.1 Å². The Morgan fingerprint density at radius 3 is 2.56 bits per heavy atom. The second kappa shape index (κ2) is 10.2. The summed E-state index contributed by atoms with van der Waals surface area (Å²) in [6.07, 6.45) is 7.56. The van der Waals surface area contributed by atoms with E-state index in [0.717, 1.165) is 12.8 Å². The lowest BCUT2D eigenvalue weighted by Crippen LogP contribution is -2.13. The van der Waals surface area contributed by atoms with Gasteiger partial charge in [-0.1, -0.05) is 19.3 Å². The van der Waals surface area contributed by atoms with Crippen LogP contribution >= 0.6 is 11.8 Å². The van der Waals surface area contributed by atoms with E-state index in [2.05, 4.69) is 11.1 Å². The molecular formula is C25H25FNO4S. The topological polar surface area (TPSA) is 57.7 Å². The fourth-order valence-corrected chi connectivity index (χ4v) is 5.09. The quantitative estimate of drug-likeness (QED) is 0.376. The predicted molar refractivity (Wildman–Crippen MR) is 124 cm³/mol. The van der Waals surface area contributed by atoms with Gasteiger partial charge in [0.15, 0.2) is 17.3 Å². The highest BCUT2D eigenvalue weighted by Crippen LogP contribution is 2.37. The molecule has 1 fully saturated rings. The van der Waals surface area contributed by atoms with Crippen molar-refractivity contribution in [1.29, 1.82) is 0 Å². The molecule has 1 saturated carbocycles. The summed E-state index contributed by atoms with van der Waals surface area (Å²) in [5.41, 5.74) is 0.693. The van der Waals surface area contributed by atoms with E-state index in [4.69, 9.17) is 14.2 Å². The largest absolute Gasteiger partial charge is 0.493 e. The van der Waals surface area contributed by atoms with Crippen LogP contribution in [0.5, 0.6) is 23.0 Å². The molecule has 1 radical (unpaired) electrons. The first kappa shape index (κ1) is 22.4. The van der Waals surface area contributed by atoms with Crippen molar-refractivity contribution in [2.24, 2.45) is 0 Å². The van der Waals surface area contributed by atoms with E-state index in [1.54, 1.807) is 56.4 Å². The summed E-state index contributed by atoms with van der Waals surface area (Å²) in [6, 6.07) is 10.8. The summed E-state index contributed by atoms with van der Waals surface area (Å²) in [5.74, 6) is 1.11. The molecule has 0 spiro atoms. The van der Waals surface area contributed by atoms with Crippen LogP contribution < -0.4 is 14.2 Å². The molecule has 0 N–H and O–H groups in total. The normalized spacial score (nSPS) is 14.3. The molecule has 1 heterocycles. The molecule has 3 aromatic rings. The molecule has 32 heavy (non-hydrogen) atoms. The van der Waals surface area contributed by atoms with Crippen LogP contribution in [0.3, 0.4) is 0 Å². The molecule has 2 aromatic carbocycles. The monoisotopic (exact) mass is 454 g/mol. The lowest BCUT2D eigenvalue weighted by Gasteiger charge is -2.20. The highest BCUT2D eigenvalue weighted by molar-refractivity contribution is 8.00. The Hall–Kier alpha value is -2.80. The summed E-state index contributed by atoms with van der Waals surface area (Å²) >= 11 is 1.63. The van der Waals surface area contributed by atoms with E-state index in [0.29, 0.717) is 33.4 Å². The van der Waals surface area contributed by atoms with Crippen LogP contribution in [0.2, 0.25) is 0 Å². The maximum absolute atomic E-state index is 14.7. The number of ketones is 1. The zero-order chi connectivity index (χ0) is 22.5. The van der Waals surface area contributed by atoms with Crippen molar-refractivity contribution in [2.75, 3.05) is 20.0 Å². The first-order valence-electron chi connectivity index (χ1n) is 10.6. The second-order valence-corrected chi connectivity index (χ2v) is 8.97. The van der Waals surface area contributed by atoms with Gasteiger partial charge in [-0.05, 0) is 37.1 Å². The van der Waals surface area contributed by atoms with E-state index in [1.165, 1.54) is 25.3 Å². The molecular weight excluding hydrogens is 429 g/mol. The van der Waals surface area contributed by atoms with Gasteiger partial charge < -0.3 is 14.2 Å². The van der Waals surface area contributed by atoms with E-state index < -0.39 is 5.82 Å². The number of Topliss-reactive ketones (excluding diaryl/α,β-unsaturated/α-hetero) is 1. The molecule has 7 heteroatoms. The van der Waals surface area contributed by atoms with Crippen LogP contribution in [0.4, 0.5) is 4.39 Å². The molecule has 0 unspecified atom stereocenters. The number of benzene rings is 2. The number of ether oxygens (including phenoxy) is 3. The summed E-state index contributed by atoms with van der Waals surface area (Å²) in [5, 5.41) is 1.18. The number of carbonyl (C=O) groups excluding carboxylic acids is 1. The summed E-state index contributed by atoms with van der Waals surface area (Å²) in [4.78, 5) is 16.9. The summed E-state index contributed by atoms with van der Waals surface area (Å²) in [6.45, 7) is 0. The second-order valence-electron chi connectivity index (χ2n) is 7.68. The molecule has 0 amide bonds. The van der Waals surface area contributed by atoms with Crippen LogP contribution in [-0.2, 0) is 0 Å². The predicted octanol–water partition coefficient (Wildman–Crippen LogP) is 6.23. The third-order valence-corrected chi connectivity index (χ3v) is 6.97. The Balaban J connectivity index is 1.51. The number of pyridine rings is 1. The van der Waals surface area contributed by atoms with E-state index >= 15 is 0 Å². The van der Waals surface area contributed by atoms with Crippen molar-refractivity contribution in [2.45, 2.75) is 37.4 Å². The minimum atomic E-state index is -0.700. The maximum atomic E-state index is 14.7. The number of thioether (sulfide) groups is 1. The Morgan fingerprint density at radius 1 is 1.09 bits per heavy atom. The molecule has 1 aromatic heterocycles. The first-order chi connectivity index (χ1) is 15.6. The van der Waals surface area contributed by atoms with E-state index in [-0.39, 0.29) is 22.8 Å². The van der Waals surface area contributed by atoms with E-state index in [9.17, 15) is 9.18 Å². The molecule has 0 saturated heterocycles. The Bertz CT molecular complexity index is 1110. The summed E-state index contributed by atoms with van der Waals surface area (Å²) in [7, 11) is 3.10. The zero-order valence-corrected chi connectivity index (χ0v) is 19.0.